The first-order valence-electron chi connectivity index (χ1n) is 19.8. The lowest BCUT2D eigenvalue weighted by Crippen LogP contribution is -2.64. The predicted molar refractivity (Wildman–Crippen MR) is 211 cm³/mol. The number of allylic oxidation sites excluding steroid dienone is 12. The molecular weight excluding hydrogens is 715 g/mol. The lowest BCUT2D eigenvalue weighted by atomic mass is 9.85. The summed E-state index contributed by atoms with van der Waals surface area (Å²) in [7, 11) is -5.03. The van der Waals surface area contributed by atoms with Crippen molar-refractivity contribution in [3.05, 3.63) is 72.9 Å². The highest BCUT2D eigenvalue weighted by Crippen LogP contribution is 2.47. The molecule has 0 spiro atoms. The summed E-state index contributed by atoms with van der Waals surface area (Å²) in [6, 6.07) is 0. The van der Waals surface area contributed by atoms with Gasteiger partial charge in [-0.1, -0.05) is 132 Å². The molecule has 0 heterocycles. The van der Waals surface area contributed by atoms with E-state index in [0.717, 1.165) is 64.2 Å². The number of hydrogen-bond donors (Lipinski definition) is 6. The number of ether oxygens (including phenoxy) is 2. The van der Waals surface area contributed by atoms with Crippen LogP contribution in [-0.2, 0) is 27.9 Å². The van der Waals surface area contributed by atoms with Gasteiger partial charge in [0, 0.05) is 13.0 Å². The van der Waals surface area contributed by atoms with Crippen LogP contribution < -0.4 is 0 Å². The Balaban J connectivity index is 2.50. The van der Waals surface area contributed by atoms with Gasteiger partial charge in [0.1, 0.15) is 42.7 Å². The Bertz CT molecular complexity index is 1170. The maximum Gasteiger partial charge on any atom is 0.472 e. The van der Waals surface area contributed by atoms with Crippen molar-refractivity contribution in [1.29, 1.82) is 0 Å². The second-order valence-corrected chi connectivity index (χ2v) is 14.8. The average molecular weight is 785 g/mol. The summed E-state index contributed by atoms with van der Waals surface area (Å²) < 4.78 is 33.8. The molecule has 0 bridgehead atoms. The van der Waals surface area contributed by atoms with Gasteiger partial charge in [-0.3, -0.25) is 13.8 Å². The van der Waals surface area contributed by atoms with Crippen molar-refractivity contribution in [2.45, 2.75) is 159 Å². The molecule has 13 heteroatoms. The number of aliphatic hydroxyl groups excluding tert-OH is 5. The lowest BCUT2D eigenvalue weighted by Gasteiger charge is -2.41. The van der Waals surface area contributed by atoms with Crippen LogP contribution >= 0.6 is 7.82 Å². The summed E-state index contributed by atoms with van der Waals surface area (Å²) in [6.07, 6.45) is 27.2. The second-order valence-electron chi connectivity index (χ2n) is 13.4. The number of esters is 1. The van der Waals surface area contributed by atoms with Gasteiger partial charge in [-0.05, 0) is 51.4 Å². The van der Waals surface area contributed by atoms with Crippen molar-refractivity contribution in [1.82, 2.24) is 0 Å². The number of phosphoric acid groups is 1. The lowest BCUT2D eigenvalue weighted by molar-refractivity contribution is -0.220. The van der Waals surface area contributed by atoms with Gasteiger partial charge >= 0.3 is 13.8 Å². The standard InChI is InChI=1S/C41H69O12P/c1-3-5-7-9-11-13-14-15-16-17-18-19-20-21-22-23-24-26-28-30-35(42)52-34(32-50-31-29-27-25-12-10-8-6-4-2)33-51-54(48,49)53-41-39(46)37(44)36(43)38(45)40(41)47/h5,7,11,13,15-16,18-19,21-22,24,26,34,36-41,43-47H,3-4,6,8-10,12,14,17,20,23,25,27-33H2,1-2H3,(H,48,49)/b7-5-,13-11-,16-15-,19-18-,22-21-,26-24-. The topological polar surface area (TPSA) is 192 Å². The number of carbonyl (C=O) groups excluding carboxylic acids is 1. The third kappa shape index (κ3) is 24.3. The van der Waals surface area contributed by atoms with E-state index in [1.807, 2.05) is 18.2 Å². The Labute approximate surface area is 323 Å². The summed E-state index contributed by atoms with van der Waals surface area (Å²) in [5.74, 6) is -0.564. The fourth-order valence-electron chi connectivity index (χ4n) is 5.44. The number of rotatable bonds is 31. The molecule has 1 rings (SSSR count). The fourth-order valence-corrected chi connectivity index (χ4v) is 6.41. The molecule has 0 saturated heterocycles. The van der Waals surface area contributed by atoms with Crippen molar-refractivity contribution < 1.29 is 58.3 Å². The van der Waals surface area contributed by atoms with Crippen LogP contribution in [0.3, 0.4) is 0 Å². The van der Waals surface area contributed by atoms with Gasteiger partial charge in [0.05, 0.1) is 13.2 Å². The number of hydrogen-bond acceptors (Lipinski definition) is 11. The third-order valence-corrected chi connectivity index (χ3v) is 9.59. The average Bonchev–Trinajstić information content (AvgIpc) is 3.15. The SMILES string of the molecule is CC/C=C\C/C=C\C/C=C\C/C=C\C/C=C\C/C=C\CCC(=O)OC(COCCCCCCCCCC)COP(=O)(O)OC1C(O)C(O)C(O)C(O)C1O. The summed E-state index contributed by atoms with van der Waals surface area (Å²) in [5, 5.41) is 49.9. The molecule has 0 radical (unpaired) electrons. The first-order valence-corrected chi connectivity index (χ1v) is 21.3. The number of carbonyl (C=O) groups is 1. The molecule has 1 saturated carbocycles. The third-order valence-electron chi connectivity index (χ3n) is 8.61. The van der Waals surface area contributed by atoms with E-state index in [9.17, 15) is 39.8 Å². The molecule has 6 unspecified atom stereocenters. The molecule has 12 nitrogen and oxygen atoms in total. The van der Waals surface area contributed by atoms with Crippen LogP contribution in [0.25, 0.3) is 0 Å². The van der Waals surface area contributed by atoms with Crippen LogP contribution in [-0.4, -0.2) is 98.9 Å². The van der Waals surface area contributed by atoms with Gasteiger partial charge in [0.2, 0.25) is 0 Å². The molecule has 1 aliphatic carbocycles. The van der Waals surface area contributed by atoms with Gasteiger partial charge in [-0.15, -0.1) is 0 Å². The Hall–Kier alpha value is -2.22. The van der Waals surface area contributed by atoms with Gasteiger partial charge in [-0.2, -0.15) is 0 Å². The smallest absolute Gasteiger partial charge is 0.457 e. The van der Waals surface area contributed by atoms with E-state index < -0.39 is 63.1 Å². The quantitative estimate of drug-likeness (QED) is 0.0186. The van der Waals surface area contributed by atoms with Crippen molar-refractivity contribution >= 4 is 13.8 Å². The van der Waals surface area contributed by atoms with Crippen LogP contribution in [0.4, 0.5) is 0 Å². The van der Waals surface area contributed by atoms with Crippen molar-refractivity contribution in [2.24, 2.45) is 0 Å². The highest BCUT2D eigenvalue weighted by atomic mass is 31.2. The zero-order valence-electron chi connectivity index (χ0n) is 32.5. The van der Waals surface area contributed by atoms with E-state index in [-0.39, 0.29) is 13.0 Å². The molecule has 0 aromatic heterocycles. The fraction of sp³-hybridized carbons (Fsp3) is 0.683. The van der Waals surface area contributed by atoms with E-state index in [4.69, 9.17) is 18.5 Å². The van der Waals surface area contributed by atoms with Gasteiger partial charge in [-0.25, -0.2) is 4.57 Å². The first kappa shape index (κ1) is 49.8. The maximum atomic E-state index is 12.7. The molecule has 6 N–H and O–H groups in total. The van der Waals surface area contributed by atoms with Crippen LogP contribution in [0.1, 0.15) is 117 Å². The summed E-state index contributed by atoms with van der Waals surface area (Å²) in [5.41, 5.74) is 0. The van der Waals surface area contributed by atoms with Gasteiger partial charge in [0.15, 0.2) is 0 Å². The Morgan fingerprint density at radius 1 is 0.611 bits per heavy atom. The zero-order valence-corrected chi connectivity index (χ0v) is 33.4. The molecule has 310 valence electrons. The molecule has 0 aromatic rings. The molecule has 54 heavy (non-hydrogen) atoms. The second kappa shape index (κ2) is 31.9. The van der Waals surface area contributed by atoms with Crippen molar-refractivity contribution in [2.75, 3.05) is 19.8 Å². The number of unbranched alkanes of at least 4 members (excludes halogenated alkanes) is 7. The van der Waals surface area contributed by atoms with Gasteiger partial charge in [0.25, 0.3) is 0 Å². The highest BCUT2D eigenvalue weighted by molar-refractivity contribution is 7.47. The van der Waals surface area contributed by atoms with E-state index in [1.54, 1.807) is 0 Å². The molecule has 1 aliphatic rings. The first-order chi connectivity index (χ1) is 26.0. The molecule has 1 fully saturated rings. The van der Waals surface area contributed by atoms with E-state index in [0.29, 0.717) is 13.0 Å². The molecule has 0 amide bonds. The van der Waals surface area contributed by atoms with Crippen molar-refractivity contribution in [3.63, 3.8) is 0 Å². The normalized spacial score (nSPS) is 24.2. The Kier molecular flexibility index (Phi) is 29.4. The summed E-state index contributed by atoms with van der Waals surface area (Å²) in [6.45, 7) is 3.99. The highest BCUT2D eigenvalue weighted by Gasteiger charge is 2.51. The van der Waals surface area contributed by atoms with Crippen molar-refractivity contribution in [3.8, 4) is 0 Å². The van der Waals surface area contributed by atoms with E-state index in [2.05, 4.69) is 68.5 Å². The van der Waals surface area contributed by atoms with Gasteiger partial charge < -0.3 is 39.9 Å². The maximum absolute atomic E-state index is 12.7. The Morgan fingerprint density at radius 2 is 1.06 bits per heavy atom. The van der Waals surface area contributed by atoms with Crippen LogP contribution in [0.2, 0.25) is 0 Å². The van der Waals surface area contributed by atoms with Crippen LogP contribution in [0, 0.1) is 0 Å². The zero-order chi connectivity index (χ0) is 39.9. The summed E-state index contributed by atoms with van der Waals surface area (Å²) >= 11 is 0. The Morgan fingerprint density at radius 3 is 1.56 bits per heavy atom. The van der Waals surface area contributed by atoms with E-state index >= 15 is 0 Å². The number of aliphatic hydroxyl groups is 5. The molecular formula is C41H69O12P. The minimum Gasteiger partial charge on any atom is -0.457 e. The number of phosphoric ester groups is 1. The molecule has 0 aromatic carbocycles. The minimum atomic E-state index is -5.03. The van der Waals surface area contributed by atoms with Crippen LogP contribution in [0.15, 0.2) is 72.9 Å². The summed E-state index contributed by atoms with van der Waals surface area (Å²) in [4.78, 5) is 22.9. The minimum absolute atomic E-state index is 0.0581. The largest absolute Gasteiger partial charge is 0.472 e. The van der Waals surface area contributed by atoms with E-state index in [1.165, 1.54) is 25.7 Å². The predicted octanol–water partition coefficient (Wildman–Crippen LogP) is 6.85. The monoisotopic (exact) mass is 784 g/mol. The molecule has 6 atom stereocenters. The van der Waals surface area contributed by atoms with Crippen LogP contribution in [0.5, 0.6) is 0 Å². The molecule has 0 aliphatic heterocycles.